The van der Waals surface area contributed by atoms with Crippen LogP contribution in [-0.4, -0.2) is 71.6 Å². The summed E-state index contributed by atoms with van der Waals surface area (Å²) in [7, 11) is 1.26. The molecule has 3 heterocycles. The van der Waals surface area contributed by atoms with E-state index in [2.05, 4.69) is 56.4 Å². The number of benzene rings is 2. The zero-order valence-corrected chi connectivity index (χ0v) is 31.0. The summed E-state index contributed by atoms with van der Waals surface area (Å²) < 4.78 is 40.9. The summed E-state index contributed by atoms with van der Waals surface area (Å²) in [6.07, 6.45) is 11.5. The molecule has 6 atom stereocenters. The third-order valence-electron chi connectivity index (χ3n) is 11.2. The molecule has 0 saturated heterocycles. The van der Waals surface area contributed by atoms with Gasteiger partial charge in [-0.1, -0.05) is 42.8 Å². The normalized spacial score (nSPS) is 29.7. The standard InChI is InChI=1S/C39H49N5O6S/c1-25-11-15-32-27(18-25)9-7-17-39(32)23-44-20-29-12-14-30(29)34(48-4)10-6-8-26(2)22-51(47,42-37(46)31-21-43(3)40-38(31)49-5)41-36(45)28-13-16-35(50-24-39)33(44)19-28/h6,10-11,13,15-16,18-19,21,26,29-30,34H,7-9,12,14,17,20,22-24H2,1-5H3,(H,41,42,45,46,47)/b10-6+/t26-,29-,30+,34-,39-,51?/m0/s1. The number of rotatable bonds is 4. The molecule has 1 N–H and O–H groups in total. The lowest BCUT2D eigenvalue weighted by Crippen LogP contribution is -2.49. The molecule has 0 radical (unpaired) electrons. The van der Waals surface area contributed by atoms with Crippen LogP contribution in [-0.2, 0) is 33.5 Å². The molecule has 12 heteroatoms. The maximum atomic E-state index is 14.6. The van der Waals surface area contributed by atoms with Crippen molar-refractivity contribution < 1.29 is 28.0 Å². The smallest absolute Gasteiger partial charge is 0.286 e. The van der Waals surface area contributed by atoms with E-state index in [4.69, 9.17) is 14.2 Å². The lowest BCUT2D eigenvalue weighted by molar-refractivity contribution is 0.0131. The van der Waals surface area contributed by atoms with Crippen molar-refractivity contribution in [2.75, 3.05) is 44.6 Å². The molecule has 2 aromatic carbocycles. The number of fused-ring (bicyclic) bond motifs is 4. The molecule has 3 aromatic rings. The third-order valence-corrected chi connectivity index (χ3v) is 13.2. The van der Waals surface area contributed by atoms with Crippen molar-refractivity contribution in [1.29, 1.82) is 0 Å². The lowest BCUT2D eigenvalue weighted by Gasteiger charge is -2.46. The highest BCUT2D eigenvalue weighted by Crippen LogP contribution is 2.47. The molecule has 1 fully saturated rings. The summed E-state index contributed by atoms with van der Waals surface area (Å²) >= 11 is 0. The van der Waals surface area contributed by atoms with E-state index >= 15 is 0 Å². The highest BCUT2D eigenvalue weighted by Gasteiger charge is 2.44. The number of carbonyl (C=O) groups excluding carboxylic acids is 2. The Bertz CT molecular complexity index is 1980. The largest absolute Gasteiger partial charge is 0.490 e. The summed E-state index contributed by atoms with van der Waals surface area (Å²) in [5, 5.41) is 4.15. The van der Waals surface area contributed by atoms with Crippen molar-refractivity contribution >= 4 is 27.4 Å². The maximum absolute atomic E-state index is 14.6. The van der Waals surface area contributed by atoms with Gasteiger partial charge in [0.25, 0.3) is 11.8 Å². The Kier molecular flexibility index (Phi) is 9.75. The molecule has 2 bridgehead atoms. The SMILES string of the molecule is COc1nn(C)cc1C(=O)NS1(=O)=NC(=O)c2ccc3c(c2)N(C[C@@H]2CC[C@H]2[C@@H](OC)/C=C/C[C@H](C)C1)C[C@@]1(CCCc2cc(C)ccc21)CO3. The van der Waals surface area contributed by atoms with Crippen molar-refractivity contribution in [2.45, 2.75) is 63.9 Å². The van der Waals surface area contributed by atoms with E-state index in [-0.39, 0.29) is 34.6 Å². The number of ether oxygens (including phenoxy) is 3. The van der Waals surface area contributed by atoms with E-state index in [9.17, 15) is 13.8 Å². The molecule has 51 heavy (non-hydrogen) atoms. The van der Waals surface area contributed by atoms with E-state index < -0.39 is 21.7 Å². The summed E-state index contributed by atoms with van der Waals surface area (Å²) in [6, 6.07) is 12.2. The van der Waals surface area contributed by atoms with Crippen LogP contribution in [0.3, 0.4) is 0 Å². The number of allylic oxidation sites excluding steroid dienone is 1. The lowest BCUT2D eigenvalue weighted by atomic mass is 9.68. The van der Waals surface area contributed by atoms with Gasteiger partial charge in [0.15, 0.2) is 0 Å². The quantitative estimate of drug-likeness (QED) is 0.337. The number of carbonyl (C=O) groups is 2. The van der Waals surface area contributed by atoms with Gasteiger partial charge in [0, 0.05) is 44.4 Å². The van der Waals surface area contributed by atoms with Crippen molar-refractivity contribution in [2.24, 2.45) is 29.2 Å². The summed E-state index contributed by atoms with van der Waals surface area (Å²) in [6.45, 7) is 6.17. The average molecular weight is 716 g/mol. The van der Waals surface area contributed by atoms with Crippen LogP contribution < -0.4 is 19.1 Å². The molecule has 2 aliphatic carbocycles. The summed E-state index contributed by atoms with van der Waals surface area (Å²) in [5.74, 6) is 0.0231. The Morgan fingerprint density at radius 2 is 2.00 bits per heavy atom. The van der Waals surface area contributed by atoms with Gasteiger partial charge in [-0.05, 0) is 92.5 Å². The van der Waals surface area contributed by atoms with E-state index in [0.29, 0.717) is 36.2 Å². The van der Waals surface area contributed by atoms with Crippen LogP contribution in [0.25, 0.3) is 0 Å². The van der Waals surface area contributed by atoms with E-state index in [0.717, 1.165) is 50.9 Å². The molecule has 1 spiro atoms. The molecular formula is C39H49N5O6S. The highest BCUT2D eigenvalue weighted by molar-refractivity contribution is 7.92. The van der Waals surface area contributed by atoms with Crippen molar-refractivity contribution in [1.82, 2.24) is 14.5 Å². The van der Waals surface area contributed by atoms with Crippen LogP contribution in [0.1, 0.15) is 76.4 Å². The van der Waals surface area contributed by atoms with Crippen molar-refractivity contribution in [3.8, 4) is 11.6 Å². The van der Waals surface area contributed by atoms with Gasteiger partial charge in [-0.25, -0.2) is 4.21 Å². The first-order valence-electron chi connectivity index (χ1n) is 18.0. The number of methoxy groups -OCH3 is 2. The van der Waals surface area contributed by atoms with E-state index in [1.54, 1.807) is 20.2 Å². The van der Waals surface area contributed by atoms with Crippen molar-refractivity contribution in [3.05, 3.63) is 82.6 Å². The Morgan fingerprint density at radius 3 is 2.76 bits per heavy atom. The summed E-state index contributed by atoms with van der Waals surface area (Å²) in [5.41, 5.74) is 5.02. The first-order chi connectivity index (χ1) is 24.5. The second-order valence-corrected chi connectivity index (χ2v) is 17.0. The first-order valence-corrected chi connectivity index (χ1v) is 19.7. The fourth-order valence-corrected chi connectivity index (χ4v) is 10.4. The van der Waals surface area contributed by atoms with E-state index in [1.807, 2.05) is 19.1 Å². The molecular weight excluding hydrogens is 667 g/mol. The fourth-order valence-electron chi connectivity index (χ4n) is 8.50. The second kappa shape index (κ2) is 14.1. The minimum atomic E-state index is -3.58. The Labute approximate surface area is 301 Å². The van der Waals surface area contributed by atoms with Crippen LogP contribution in [0, 0.1) is 24.7 Å². The minimum Gasteiger partial charge on any atom is -0.490 e. The predicted molar refractivity (Wildman–Crippen MR) is 197 cm³/mol. The van der Waals surface area contributed by atoms with Crippen LogP contribution >= 0.6 is 0 Å². The Hall–Kier alpha value is -4.16. The van der Waals surface area contributed by atoms with E-state index in [1.165, 1.54) is 34.7 Å². The van der Waals surface area contributed by atoms with Gasteiger partial charge in [-0.3, -0.25) is 19.0 Å². The molecule has 2 aliphatic heterocycles. The van der Waals surface area contributed by atoms with Gasteiger partial charge in [0.1, 0.15) is 21.2 Å². The second-order valence-electron chi connectivity index (χ2n) is 15.0. The Morgan fingerprint density at radius 1 is 1.16 bits per heavy atom. The molecule has 272 valence electrons. The van der Waals surface area contributed by atoms with Crippen LogP contribution in [0.5, 0.6) is 11.6 Å². The average Bonchev–Trinajstić information content (AvgIpc) is 3.40. The van der Waals surface area contributed by atoms with Gasteiger partial charge < -0.3 is 19.1 Å². The van der Waals surface area contributed by atoms with Gasteiger partial charge in [-0.15, -0.1) is 9.46 Å². The number of hydrogen-bond acceptors (Lipinski definition) is 8. The molecule has 2 amide bonds. The third kappa shape index (κ3) is 7.04. The number of aromatic nitrogens is 2. The van der Waals surface area contributed by atoms with Crippen LogP contribution in [0.4, 0.5) is 5.69 Å². The monoisotopic (exact) mass is 715 g/mol. The first kappa shape index (κ1) is 35.3. The molecule has 11 nitrogen and oxygen atoms in total. The van der Waals surface area contributed by atoms with Gasteiger partial charge in [0.2, 0.25) is 5.88 Å². The Balaban J connectivity index is 1.31. The fraction of sp³-hybridized carbons (Fsp3) is 0.513. The number of nitrogens with one attached hydrogen (secondary N) is 1. The van der Waals surface area contributed by atoms with Gasteiger partial charge in [-0.2, -0.15) is 0 Å². The number of aryl methyl sites for hydroxylation is 3. The number of hydrogen-bond donors (Lipinski definition) is 1. The predicted octanol–water partition coefficient (Wildman–Crippen LogP) is 5.80. The molecule has 1 unspecified atom stereocenters. The zero-order valence-electron chi connectivity index (χ0n) is 30.2. The zero-order chi connectivity index (χ0) is 35.9. The maximum Gasteiger partial charge on any atom is 0.286 e. The highest BCUT2D eigenvalue weighted by atomic mass is 32.2. The molecule has 1 aromatic heterocycles. The molecule has 7 rings (SSSR count). The van der Waals surface area contributed by atoms with Gasteiger partial charge >= 0.3 is 0 Å². The van der Waals surface area contributed by atoms with Crippen molar-refractivity contribution in [3.63, 3.8) is 0 Å². The summed E-state index contributed by atoms with van der Waals surface area (Å²) in [4.78, 5) is 29.9. The molecule has 1 saturated carbocycles. The minimum absolute atomic E-state index is 0.0251. The number of anilines is 1. The van der Waals surface area contributed by atoms with Crippen LogP contribution in [0.15, 0.2) is 59.1 Å². The van der Waals surface area contributed by atoms with Gasteiger partial charge in [0.05, 0.1) is 31.3 Å². The molecule has 4 aliphatic rings. The number of amides is 2. The number of nitrogens with zero attached hydrogens (tertiary/aromatic N) is 4. The topological polar surface area (TPSA) is 124 Å². The van der Waals surface area contributed by atoms with Crippen LogP contribution in [0.2, 0.25) is 0 Å².